The van der Waals surface area contributed by atoms with Crippen molar-refractivity contribution in [2.75, 3.05) is 37.6 Å². The summed E-state index contributed by atoms with van der Waals surface area (Å²) in [5.41, 5.74) is -1.76. The quantitative estimate of drug-likeness (QED) is 0.565. The Kier molecular flexibility index (Phi) is 5.99. The summed E-state index contributed by atoms with van der Waals surface area (Å²) in [4.78, 5) is 26.0. The molecular formula is C17H20ClF3N4O3. The number of amides is 1. The Labute approximate surface area is 164 Å². The van der Waals surface area contributed by atoms with Crippen LogP contribution in [0.15, 0.2) is 12.1 Å². The molecule has 1 aliphatic carbocycles. The summed E-state index contributed by atoms with van der Waals surface area (Å²) in [6.45, 7) is 2.46. The Hall–Kier alpha value is -2.07. The van der Waals surface area contributed by atoms with Crippen molar-refractivity contribution in [3.63, 3.8) is 0 Å². The Morgan fingerprint density at radius 1 is 1.25 bits per heavy atom. The van der Waals surface area contributed by atoms with E-state index in [4.69, 9.17) is 11.6 Å². The topological polar surface area (TPSA) is 78.7 Å². The normalized spacial score (nSPS) is 18.2. The number of rotatable bonds is 6. The fourth-order valence-corrected chi connectivity index (χ4v) is 3.43. The van der Waals surface area contributed by atoms with Crippen LogP contribution in [-0.4, -0.2) is 54.5 Å². The Morgan fingerprint density at radius 2 is 1.89 bits per heavy atom. The smallest absolute Gasteiger partial charge is 0.363 e. The van der Waals surface area contributed by atoms with Crippen LogP contribution in [0.2, 0.25) is 5.02 Å². The summed E-state index contributed by atoms with van der Waals surface area (Å²) in [7, 11) is 0. The minimum absolute atomic E-state index is 0.00934. The lowest BCUT2D eigenvalue weighted by atomic mass is 10.1. The van der Waals surface area contributed by atoms with Crippen LogP contribution in [0.25, 0.3) is 0 Å². The number of carbonyl (C=O) groups excluding carboxylic acids is 1. The first-order valence-electron chi connectivity index (χ1n) is 8.97. The number of halogens is 4. The lowest BCUT2D eigenvalue weighted by Crippen LogP contribution is -2.47. The van der Waals surface area contributed by atoms with E-state index in [2.05, 4.69) is 10.2 Å². The van der Waals surface area contributed by atoms with Crippen LogP contribution in [-0.2, 0) is 11.0 Å². The van der Waals surface area contributed by atoms with Crippen LogP contribution < -0.4 is 10.2 Å². The number of nitro groups is 1. The summed E-state index contributed by atoms with van der Waals surface area (Å²) in [5.74, 6) is 0.00934. The molecule has 2 aliphatic rings. The molecule has 1 aromatic rings. The van der Waals surface area contributed by atoms with E-state index >= 15 is 0 Å². The fraction of sp³-hybridized carbons (Fsp3) is 0.588. The SMILES string of the molecule is O=C(CCN1CCN(c2cc(Cl)c(C(F)(F)F)cc2[N+](=O)[O-])CC1)NC1CC1. The molecule has 0 spiro atoms. The van der Waals surface area contributed by atoms with Crippen molar-refractivity contribution in [1.82, 2.24) is 10.2 Å². The summed E-state index contributed by atoms with van der Waals surface area (Å²) >= 11 is 5.75. The maximum atomic E-state index is 13.0. The molecule has 0 radical (unpaired) electrons. The molecular weight excluding hydrogens is 401 g/mol. The average molecular weight is 421 g/mol. The van der Waals surface area contributed by atoms with Crippen molar-refractivity contribution >= 4 is 28.9 Å². The molecule has 1 aromatic carbocycles. The van der Waals surface area contributed by atoms with Gasteiger partial charge in [-0.1, -0.05) is 11.6 Å². The predicted octanol–water partition coefficient (Wildman–Crippen LogP) is 3.06. The van der Waals surface area contributed by atoms with Gasteiger partial charge in [-0.25, -0.2) is 0 Å². The Balaban J connectivity index is 1.63. The zero-order chi connectivity index (χ0) is 20.5. The minimum Gasteiger partial charge on any atom is -0.363 e. The monoisotopic (exact) mass is 420 g/mol. The molecule has 0 unspecified atom stereocenters. The van der Waals surface area contributed by atoms with Crippen LogP contribution in [0.5, 0.6) is 0 Å². The number of nitrogens with zero attached hydrogens (tertiary/aromatic N) is 3. The molecule has 0 atom stereocenters. The highest BCUT2D eigenvalue weighted by molar-refractivity contribution is 6.31. The molecule has 154 valence electrons. The van der Waals surface area contributed by atoms with E-state index < -0.39 is 27.4 Å². The number of anilines is 1. The molecule has 1 N–H and O–H groups in total. The largest absolute Gasteiger partial charge is 0.418 e. The first-order chi connectivity index (χ1) is 13.1. The van der Waals surface area contributed by atoms with Crippen molar-refractivity contribution in [2.45, 2.75) is 31.5 Å². The summed E-state index contributed by atoms with van der Waals surface area (Å²) in [6.07, 6.45) is -2.33. The fourth-order valence-electron chi connectivity index (χ4n) is 3.17. The average Bonchev–Trinajstić information content (AvgIpc) is 3.43. The third kappa shape index (κ3) is 5.05. The van der Waals surface area contributed by atoms with Gasteiger partial charge in [0.1, 0.15) is 5.69 Å². The van der Waals surface area contributed by atoms with Gasteiger partial charge in [0.25, 0.3) is 5.69 Å². The predicted molar refractivity (Wildman–Crippen MR) is 97.5 cm³/mol. The Morgan fingerprint density at radius 3 is 2.43 bits per heavy atom. The summed E-state index contributed by atoms with van der Waals surface area (Å²) in [5, 5.41) is 13.7. The second-order valence-corrected chi connectivity index (χ2v) is 7.40. The van der Waals surface area contributed by atoms with E-state index in [-0.39, 0.29) is 11.6 Å². The maximum Gasteiger partial charge on any atom is 0.418 e. The van der Waals surface area contributed by atoms with Gasteiger partial charge in [-0.3, -0.25) is 19.8 Å². The third-order valence-corrected chi connectivity index (χ3v) is 5.19. The zero-order valence-corrected chi connectivity index (χ0v) is 15.7. The van der Waals surface area contributed by atoms with E-state index in [1.165, 1.54) is 0 Å². The van der Waals surface area contributed by atoms with E-state index in [9.17, 15) is 28.1 Å². The standard InChI is InChI=1S/C17H20ClF3N4O3/c18-13-10-14(15(25(27)28)9-12(13)17(19,20)21)24-7-5-23(6-8-24)4-3-16(26)22-11-1-2-11/h9-11H,1-8H2,(H,22,26). The van der Waals surface area contributed by atoms with E-state index in [0.29, 0.717) is 51.3 Å². The molecule has 2 fully saturated rings. The van der Waals surface area contributed by atoms with Gasteiger partial charge in [0, 0.05) is 51.3 Å². The number of hydrogen-bond acceptors (Lipinski definition) is 5. The highest BCUT2D eigenvalue weighted by Crippen LogP contribution is 2.41. The Bertz CT molecular complexity index is 763. The van der Waals surface area contributed by atoms with E-state index in [1.807, 2.05) is 0 Å². The highest BCUT2D eigenvalue weighted by atomic mass is 35.5. The van der Waals surface area contributed by atoms with E-state index in [1.54, 1.807) is 4.90 Å². The lowest BCUT2D eigenvalue weighted by Gasteiger charge is -2.35. The van der Waals surface area contributed by atoms with Crippen molar-refractivity contribution in [3.05, 3.63) is 32.8 Å². The number of nitrogens with one attached hydrogen (secondary N) is 1. The third-order valence-electron chi connectivity index (χ3n) is 4.88. The first-order valence-corrected chi connectivity index (χ1v) is 9.34. The van der Waals surface area contributed by atoms with Crippen molar-refractivity contribution in [3.8, 4) is 0 Å². The minimum atomic E-state index is -4.76. The van der Waals surface area contributed by atoms with Gasteiger partial charge in [-0.15, -0.1) is 0 Å². The first kappa shape index (κ1) is 20.7. The highest BCUT2D eigenvalue weighted by Gasteiger charge is 2.37. The van der Waals surface area contributed by atoms with Crippen LogP contribution >= 0.6 is 11.6 Å². The molecule has 1 heterocycles. The number of piperazine rings is 1. The lowest BCUT2D eigenvalue weighted by molar-refractivity contribution is -0.384. The molecule has 1 aliphatic heterocycles. The van der Waals surface area contributed by atoms with Gasteiger partial charge in [0.2, 0.25) is 5.91 Å². The summed E-state index contributed by atoms with van der Waals surface area (Å²) in [6, 6.07) is 1.82. The molecule has 28 heavy (non-hydrogen) atoms. The number of nitro benzene ring substituents is 1. The molecule has 1 amide bonds. The van der Waals surface area contributed by atoms with Crippen molar-refractivity contribution < 1.29 is 22.9 Å². The molecule has 3 rings (SSSR count). The molecule has 1 saturated carbocycles. The molecule has 0 bridgehead atoms. The zero-order valence-electron chi connectivity index (χ0n) is 15.0. The number of benzene rings is 1. The summed E-state index contributed by atoms with van der Waals surface area (Å²) < 4.78 is 39.0. The number of alkyl halides is 3. The van der Waals surface area contributed by atoms with Gasteiger partial charge < -0.3 is 10.2 Å². The second-order valence-electron chi connectivity index (χ2n) is 7.00. The van der Waals surface area contributed by atoms with Gasteiger partial charge >= 0.3 is 6.18 Å². The van der Waals surface area contributed by atoms with Crippen LogP contribution in [0, 0.1) is 10.1 Å². The van der Waals surface area contributed by atoms with Crippen molar-refractivity contribution in [1.29, 1.82) is 0 Å². The second kappa shape index (κ2) is 8.12. The maximum absolute atomic E-state index is 13.0. The van der Waals surface area contributed by atoms with Crippen LogP contribution in [0.4, 0.5) is 24.5 Å². The molecule has 11 heteroatoms. The van der Waals surface area contributed by atoms with Gasteiger partial charge in [0.05, 0.1) is 15.5 Å². The number of hydrogen-bond donors (Lipinski definition) is 1. The molecule has 0 aromatic heterocycles. The van der Waals surface area contributed by atoms with Gasteiger partial charge in [-0.05, 0) is 18.9 Å². The van der Waals surface area contributed by atoms with Gasteiger partial charge in [0.15, 0.2) is 0 Å². The van der Waals surface area contributed by atoms with Crippen LogP contribution in [0.3, 0.4) is 0 Å². The number of carbonyl (C=O) groups is 1. The molecule has 7 nitrogen and oxygen atoms in total. The van der Waals surface area contributed by atoms with E-state index in [0.717, 1.165) is 18.9 Å². The molecule has 1 saturated heterocycles. The van der Waals surface area contributed by atoms with Gasteiger partial charge in [-0.2, -0.15) is 13.2 Å². The van der Waals surface area contributed by atoms with Crippen molar-refractivity contribution in [2.24, 2.45) is 0 Å². The van der Waals surface area contributed by atoms with Crippen LogP contribution in [0.1, 0.15) is 24.8 Å².